The van der Waals surface area contributed by atoms with Crippen molar-refractivity contribution < 1.29 is 9.53 Å². The molecule has 1 aromatic rings. The second kappa shape index (κ2) is 4.91. The Morgan fingerprint density at radius 2 is 2.20 bits per heavy atom. The zero-order valence-corrected chi connectivity index (χ0v) is 9.65. The molecule has 0 aliphatic rings. The number of carbonyl (C=O) groups is 1. The summed E-state index contributed by atoms with van der Waals surface area (Å²) < 4.78 is 6.21. The van der Waals surface area contributed by atoms with Crippen molar-refractivity contribution in [1.29, 1.82) is 0 Å². The molecule has 0 bridgehead atoms. The first-order chi connectivity index (χ1) is 7.02. The third-order valence-electron chi connectivity index (χ3n) is 2.02. The van der Waals surface area contributed by atoms with Crippen LogP contribution in [0.1, 0.15) is 25.5 Å². The van der Waals surface area contributed by atoms with E-state index < -0.39 is 0 Å². The first kappa shape index (κ1) is 11.7. The van der Waals surface area contributed by atoms with E-state index in [9.17, 15) is 4.79 Å². The molecular formula is C10H17N3O2. The van der Waals surface area contributed by atoms with E-state index in [1.54, 1.807) is 11.7 Å². The molecule has 1 heterocycles. The lowest BCUT2D eigenvalue weighted by molar-refractivity contribution is -0.139. The molecule has 0 aromatic carbocycles. The van der Waals surface area contributed by atoms with Crippen LogP contribution in [0.5, 0.6) is 0 Å². The van der Waals surface area contributed by atoms with Crippen LogP contribution in [0.4, 0.5) is 0 Å². The molecule has 15 heavy (non-hydrogen) atoms. The fourth-order valence-electron chi connectivity index (χ4n) is 1.28. The van der Waals surface area contributed by atoms with Gasteiger partial charge in [-0.2, -0.15) is 5.10 Å². The maximum Gasteiger partial charge on any atom is 0.313 e. The number of ether oxygens (including phenoxy) is 1. The molecule has 84 valence electrons. The lowest BCUT2D eigenvalue weighted by atomic mass is 10.1. The van der Waals surface area contributed by atoms with Crippen LogP contribution in [0.3, 0.4) is 0 Å². The molecule has 0 unspecified atom stereocenters. The molecule has 5 nitrogen and oxygen atoms in total. The van der Waals surface area contributed by atoms with Crippen molar-refractivity contribution in [3.05, 3.63) is 11.6 Å². The van der Waals surface area contributed by atoms with Crippen LogP contribution in [-0.2, 0) is 29.4 Å². The number of aryl methyl sites for hydroxylation is 1. The Morgan fingerprint density at radius 1 is 1.53 bits per heavy atom. The van der Waals surface area contributed by atoms with Crippen LogP contribution in [0.2, 0.25) is 0 Å². The number of carbonyl (C=O) groups excluding carboxylic acids is 1. The molecule has 0 saturated heterocycles. The fraction of sp³-hybridized carbons (Fsp3) is 0.700. The summed E-state index contributed by atoms with van der Waals surface area (Å²) in [7, 11) is 3.16. The SMILES string of the molecule is COC(=O)Cc1nc(CC(C)C)nn1C. The number of hydrogen-bond donors (Lipinski definition) is 0. The lowest BCUT2D eigenvalue weighted by Gasteiger charge is -1.97. The van der Waals surface area contributed by atoms with Gasteiger partial charge >= 0.3 is 5.97 Å². The molecule has 0 aliphatic carbocycles. The van der Waals surface area contributed by atoms with Gasteiger partial charge in [-0.1, -0.05) is 13.8 Å². The van der Waals surface area contributed by atoms with Crippen molar-refractivity contribution in [1.82, 2.24) is 14.8 Å². The number of methoxy groups -OCH3 is 1. The first-order valence-electron chi connectivity index (χ1n) is 4.98. The van der Waals surface area contributed by atoms with Crippen LogP contribution < -0.4 is 0 Å². The van der Waals surface area contributed by atoms with E-state index in [1.165, 1.54) is 7.11 Å². The summed E-state index contributed by atoms with van der Waals surface area (Å²) in [6, 6.07) is 0. The smallest absolute Gasteiger partial charge is 0.313 e. The lowest BCUT2D eigenvalue weighted by Crippen LogP contribution is -2.09. The van der Waals surface area contributed by atoms with Gasteiger partial charge in [-0.3, -0.25) is 9.48 Å². The van der Waals surface area contributed by atoms with Gasteiger partial charge in [0, 0.05) is 13.5 Å². The van der Waals surface area contributed by atoms with Gasteiger partial charge in [0.2, 0.25) is 0 Å². The minimum Gasteiger partial charge on any atom is -0.469 e. The van der Waals surface area contributed by atoms with Gasteiger partial charge in [0.05, 0.1) is 7.11 Å². The van der Waals surface area contributed by atoms with Crippen molar-refractivity contribution in [3.63, 3.8) is 0 Å². The molecule has 0 radical (unpaired) electrons. The van der Waals surface area contributed by atoms with Gasteiger partial charge in [0.15, 0.2) is 5.82 Å². The molecule has 0 amide bonds. The quantitative estimate of drug-likeness (QED) is 0.689. The van der Waals surface area contributed by atoms with E-state index >= 15 is 0 Å². The molecule has 1 rings (SSSR count). The predicted molar refractivity (Wildman–Crippen MR) is 55.3 cm³/mol. The van der Waals surface area contributed by atoms with Crippen molar-refractivity contribution in [2.24, 2.45) is 13.0 Å². The average molecular weight is 211 g/mol. The van der Waals surface area contributed by atoms with Crippen molar-refractivity contribution in [3.8, 4) is 0 Å². The largest absolute Gasteiger partial charge is 0.469 e. The molecule has 0 saturated carbocycles. The van der Waals surface area contributed by atoms with Crippen molar-refractivity contribution in [2.45, 2.75) is 26.7 Å². The standard InChI is InChI=1S/C10H17N3O2/c1-7(2)5-8-11-9(13(3)12-8)6-10(14)15-4/h7H,5-6H2,1-4H3. The maximum atomic E-state index is 11.1. The van der Waals surface area contributed by atoms with Crippen LogP contribution in [0, 0.1) is 5.92 Å². The normalized spacial score (nSPS) is 10.7. The minimum absolute atomic E-state index is 0.179. The molecule has 0 N–H and O–H groups in total. The highest BCUT2D eigenvalue weighted by Crippen LogP contribution is 2.05. The number of nitrogens with zero attached hydrogens (tertiary/aromatic N) is 3. The zero-order valence-electron chi connectivity index (χ0n) is 9.65. The summed E-state index contributed by atoms with van der Waals surface area (Å²) >= 11 is 0. The Balaban J connectivity index is 2.73. The number of esters is 1. The summed E-state index contributed by atoms with van der Waals surface area (Å²) in [5.74, 6) is 1.66. The third kappa shape index (κ3) is 3.34. The molecular weight excluding hydrogens is 194 g/mol. The van der Waals surface area contributed by atoms with E-state index in [0.717, 1.165) is 12.2 Å². The summed E-state index contributed by atoms with van der Waals surface area (Å²) in [5.41, 5.74) is 0. The molecule has 0 atom stereocenters. The second-order valence-electron chi connectivity index (χ2n) is 3.92. The average Bonchev–Trinajstić information content (AvgIpc) is 2.45. The molecule has 5 heteroatoms. The highest BCUT2D eigenvalue weighted by molar-refractivity contribution is 5.71. The molecule has 0 fully saturated rings. The maximum absolute atomic E-state index is 11.1. The van der Waals surface area contributed by atoms with Gasteiger partial charge < -0.3 is 4.74 Å². The Bertz CT molecular complexity index is 344. The second-order valence-corrected chi connectivity index (χ2v) is 3.92. The van der Waals surface area contributed by atoms with E-state index in [2.05, 4.69) is 28.7 Å². The van der Waals surface area contributed by atoms with Gasteiger partial charge in [0.1, 0.15) is 12.2 Å². The monoisotopic (exact) mass is 211 g/mol. The predicted octanol–water partition coefficient (Wildman–Crippen LogP) is 0.729. The van der Waals surface area contributed by atoms with Gasteiger partial charge in [-0.05, 0) is 5.92 Å². The Hall–Kier alpha value is -1.39. The summed E-state index contributed by atoms with van der Waals surface area (Å²) in [5, 5.41) is 4.24. The third-order valence-corrected chi connectivity index (χ3v) is 2.02. The highest BCUT2D eigenvalue weighted by Gasteiger charge is 2.12. The number of hydrogen-bond acceptors (Lipinski definition) is 4. The van der Waals surface area contributed by atoms with Crippen LogP contribution in [-0.4, -0.2) is 27.8 Å². The Labute approximate surface area is 89.5 Å². The fourth-order valence-corrected chi connectivity index (χ4v) is 1.28. The van der Waals surface area contributed by atoms with E-state index in [4.69, 9.17) is 0 Å². The summed E-state index contributed by atoms with van der Waals surface area (Å²) in [4.78, 5) is 15.4. The van der Waals surface area contributed by atoms with Crippen molar-refractivity contribution in [2.75, 3.05) is 7.11 Å². The van der Waals surface area contributed by atoms with E-state index in [1.807, 2.05) is 0 Å². The first-order valence-corrected chi connectivity index (χ1v) is 4.98. The Morgan fingerprint density at radius 3 is 2.73 bits per heavy atom. The van der Waals surface area contributed by atoms with E-state index in [-0.39, 0.29) is 12.4 Å². The molecule has 1 aromatic heterocycles. The minimum atomic E-state index is -0.290. The van der Waals surface area contributed by atoms with Gasteiger partial charge in [-0.25, -0.2) is 4.98 Å². The highest BCUT2D eigenvalue weighted by atomic mass is 16.5. The number of aromatic nitrogens is 3. The van der Waals surface area contributed by atoms with Crippen molar-refractivity contribution >= 4 is 5.97 Å². The topological polar surface area (TPSA) is 57.0 Å². The van der Waals surface area contributed by atoms with Gasteiger partial charge in [0.25, 0.3) is 0 Å². The van der Waals surface area contributed by atoms with Crippen LogP contribution in [0.15, 0.2) is 0 Å². The molecule has 0 spiro atoms. The van der Waals surface area contributed by atoms with Gasteiger partial charge in [-0.15, -0.1) is 0 Å². The Kier molecular flexibility index (Phi) is 3.82. The van der Waals surface area contributed by atoms with Crippen LogP contribution in [0.25, 0.3) is 0 Å². The molecule has 0 aliphatic heterocycles. The van der Waals surface area contributed by atoms with E-state index in [0.29, 0.717) is 11.7 Å². The summed E-state index contributed by atoms with van der Waals surface area (Å²) in [6.45, 7) is 4.21. The zero-order chi connectivity index (χ0) is 11.4. The van der Waals surface area contributed by atoms with Crippen LogP contribution >= 0.6 is 0 Å². The summed E-state index contributed by atoms with van der Waals surface area (Å²) in [6.07, 6.45) is 1.01. The number of rotatable bonds is 4.